The summed E-state index contributed by atoms with van der Waals surface area (Å²) in [5.41, 5.74) is 1.56. The number of hydrogen-bond acceptors (Lipinski definition) is 6. The van der Waals surface area contributed by atoms with Gasteiger partial charge in [0.25, 0.3) is 0 Å². The maximum Gasteiger partial charge on any atom is 0.231 e. The van der Waals surface area contributed by atoms with E-state index in [0.717, 1.165) is 11.4 Å². The second-order valence-corrected chi connectivity index (χ2v) is 6.79. The van der Waals surface area contributed by atoms with E-state index in [1.807, 2.05) is 34.9 Å². The smallest absolute Gasteiger partial charge is 0.231 e. The highest BCUT2D eigenvalue weighted by Gasteiger charge is 2.18. The molecule has 2 heterocycles. The van der Waals surface area contributed by atoms with Gasteiger partial charge in [-0.3, -0.25) is 9.36 Å². The van der Waals surface area contributed by atoms with E-state index >= 15 is 0 Å². The molecule has 0 aliphatic carbocycles. The number of fused-ring (bicyclic) bond motifs is 1. The van der Waals surface area contributed by atoms with Crippen molar-refractivity contribution < 1.29 is 14.3 Å². The van der Waals surface area contributed by atoms with Crippen LogP contribution in [0.1, 0.15) is 10.4 Å². The van der Waals surface area contributed by atoms with Crippen molar-refractivity contribution in [2.75, 3.05) is 12.5 Å². The summed E-state index contributed by atoms with van der Waals surface area (Å²) < 4.78 is 12.6. The number of rotatable bonds is 7. The number of carbonyl (C=O) groups is 1. The van der Waals surface area contributed by atoms with E-state index in [1.54, 1.807) is 24.3 Å². The standard InChI is InChI=1S/C20H17N3O3S/c1-2-10-23-19(14-6-4-3-5-7-14)21-22-20(23)27-12-16(24)15-8-9-17-18(11-15)26-13-25-17/h2-9,11H,1,10,12-13H2. The van der Waals surface area contributed by atoms with Gasteiger partial charge in [0.1, 0.15) is 0 Å². The SMILES string of the molecule is C=CCn1c(SCC(=O)c2ccc3c(c2)OCO3)nnc1-c1ccccc1. The van der Waals surface area contributed by atoms with E-state index in [9.17, 15) is 4.79 Å². The normalized spacial score (nSPS) is 12.1. The van der Waals surface area contributed by atoms with Crippen molar-refractivity contribution in [1.29, 1.82) is 0 Å². The zero-order valence-corrected chi connectivity index (χ0v) is 15.3. The van der Waals surface area contributed by atoms with Gasteiger partial charge in [0.15, 0.2) is 28.3 Å². The lowest BCUT2D eigenvalue weighted by Crippen LogP contribution is -2.05. The number of aromatic nitrogens is 3. The Labute approximate surface area is 160 Å². The van der Waals surface area contributed by atoms with Gasteiger partial charge >= 0.3 is 0 Å². The largest absolute Gasteiger partial charge is 0.454 e. The lowest BCUT2D eigenvalue weighted by Gasteiger charge is -2.07. The van der Waals surface area contributed by atoms with Crippen molar-refractivity contribution in [2.24, 2.45) is 0 Å². The molecule has 0 N–H and O–H groups in total. The third-order valence-electron chi connectivity index (χ3n) is 4.09. The molecule has 0 atom stereocenters. The highest BCUT2D eigenvalue weighted by molar-refractivity contribution is 7.99. The highest BCUT2D eigenvalue weighted by atomic mass is 32.2. The van der Waals surface area contributed by atoms with Crippen LogP contribution >= 0.6 is 11.8 Å². The van der Waals surface area contributed by atoms with Crippen LogP contribution in [-0.4, -0.2) is 33.1 Å². The molecule has 0 unspecified atom stereocenters. The van der Waals surface area contributed by atoms with E-state index in [-0.39, 0.29) is 18.3 Å². The molecule has 1 aliphatic rings. The summed E-state index contributed by atoms with van der Waals surface area (Å²) in [4.78, 5) is 12.6. The summed E-state index contributed by atoms with van der Waals surface area (Å²) >= 11 is 1.36. The Balaban J connectivity index is 1.52. The molecule has 0 amide bonds. The predicted molar refractivity (Wildman–Crippen MR) is 103 cm³/mol. The molecule has 136 valence electrons. The van der Waals surface area contributed by atoms with Crippen LogP contribution in [0.2, 0.25) is 0 Å². The van der Waals surface area contributed by atoms with Crippen LogP contribution in [0.4, 0.5) is 0 Å². The van der Waals surface area contributed by atoms with Crippen molar-refractivity contribution in [3.8, 4) is 22.9 Å². The molecule has 7 heteroatoms. The molecular weight excluding hydrogens is 362 g/mol. The van der Waals surface area contributed by atoms with Gasteiger partial charge in [0, 0.05) is 17.7 Å². The minimum absolute atomic E-state index is 0.00675. The molecule has 2 aromatic carbocycles. The second kappa shape index (κ2) is 7.67. The molecule has 1 aromatic heterocycles. The van der Waals surface area contributed by atoms with Gasteiger partial charge in [-0.15, -0.1) is 16.8 Å². The van der Waals surface area contributed by atoms with Crippen LogP contribution in [0.3, 0.4) is 0 Å². The monoisotopic (exact) mass is 379 g/mol. The van der Waals surface area contributed by atoms with E-state index in [2.05, 4.69) is 16.8 Å². The minimum Gasteiger partial charge on any atom is -0.454 e. The van der Waals surface area contributed by atoms with E-state index < -0.39 is 0 Å². The molecule has 4 rings (SSSR count). The van der Waals surface area contributed by atoms with Gasteiger partial charge in [0.2, 0.25) is 6.79 Å². The molecule has 3 aromatic rings. The zero-order chi connectivity index (χ0) is 18.6. The molecule has 27 heavy (non-hydrogen) atoms. The van der Waals surface area contributed by atoms with Gasteiger partial charge in [-0.2, -0.15) is 0 Å². The Hall–Kier alpha value is -3.06. The number of allylic oxidation sites excluding steroid dienone is 1. The molecular formula is C20H17N3O3S. The lowest BCUT2D eigenvalue weighted by atomic mass is 10.1. The number of nitrogens with zero attached hydrogens (tertiary/aromatic N) is 3. The first-order valence-electron chi connectivity index (χ1n) is 8.41. The topological polar surface area (TPSA) is 66.2 Å². The first kappa shape index (κ1) is 17.4. The van der Waals surface area contributed by atoms with Crippen molar-refractivity contribution in [3.05, 3.63) is 66.7 Å². The van der Waals surface area contributed by atoms with E-state index in [4.69, 9.17) is 9.47 Å². The maximum atomic E-state index is 12.6. The molecule has 0 radical (unpaired) electrons. The van der Waals surface area contributed by atoms with Crippen LogP contribution in [0.5, 0.6) is 11.5 Å². The summed E-state index contributed by atoms with van der Waals surface area (Å²) in [6, 6.07) is 15.1. The average Bonchev–Trinajstić information content (AvgIpc) is 3.33. The number of hydrogen-bond donors (Lipinski definition) is 0. The third-order valence-corrected chi connectivity index (χ3v) is 5.05. The zero-order valence-electron chi connectivity index (χ0n) is 14.5. The van der Waals surface area contributed by atoms with Gasteiger partial charge in [-0.25, -0.2) is 0 Å². The molecule has 0 saturated heterocycles. The van der Waals surface area contributed by atoms with E-state index in [0.29, 0.717) is 28.8 Å². The van der Waals surface area contributed by atoms with Gasteiger partial charge < -0.3 is 9.47 Å². The molecule has 0 spiro atoms. The number of carbonyl (C=O) groups excluding carboxylic acids is 1. The molecule has 6 nitrogen and oxygen atoms in total. The van der Waals surface area contributed by atoms with Gasteiger partial charge in [-0.05, 0) is 18.2 Å². The molecule has 1 aliphatic heterocycles. The highest BCUT2D eigenvalue weighted by Crippen LogP contribution is 2.33. The summed E-state index contributed by atoms with van der Waals surface area (Å²) in [5, 5.41) is 9.25. The first-order valence-corrected chi connectivity index (χ1v) is 9.40. The summed E-state index contributed by atoms with van der Waals surface area (Å²) in [6.45, 7) is 4.57. The molecule has 0 saturated carbocycles. The average molecular weight is 379 g/mol. The Bertz CT molecular complexity index is 985. The maximum absolute atomic E-state index is 12.6. The van der Waals surface area contributed by atoms with Crippen molar-refractivity contribution in [1.82, 2.24) is 14.8 Å². The number of Topliss-reactive ketones (excluding diaryl/α,β-unsaturated/α-hetero) is 1. The van der Waals surface area contributed by atoms with E-state index in [1.165, 1.54) is 11.8 Å². The van der Waals surface area contributed by atoms with Crippen LogP contribution < -0.4 is 9.47 Å². The lowest BCUT2D eigenvalue weighted by molar-refractivity contribution is 0.102. The predicted octanol–water partition coefficient (Wildman–Crippen LogP) is 3.83. The van der Waals surface area contributed by atoms with Crippen LogP contribution in [0.25, 0.3) is 11.4 Å². The molecule has 0 fully saturated rings. The summed E-state index contributed by atoms with van der Waals surface area (Å²) in [5.74, 6) is 2.27. The fraction of sp³-hybridized carbons (Fsp3) is 0.150. The van der Waals surface area contributed by atoms with Crippen molar-refractivity contribution in [2.45, 2.75) is 11.7 Å². The molecule has 0 bridgehead atoms. The van der Waals surface area contributed by atoms with Crippen molar-refractivity contribution in [3.63, 3.8) is 0 Å². The van der Waals surface area contributed by atoms with Crippen LogP contribution in [-0.2, 0) is 6.54 Å². The number of benzene rings is 2. The van der Waals surface area contributed by atoms with Crippen molar-refractivity contribution >= 4 is 17.5 Å². The summed E-state index contributed by atoms with van der Waals surface area (Å²) in [6.07, 6.45) is 1.79. The van der Waals surface area contributed by atoms with Gasteiger partial charge in [0.05, 0.1) is 5.75 Å². The van der Waals surface area contributed by atoms with Crippen LogP contribution in [0, 0.1) is 0 Å². The fourth-order valence-electron chi connectivity index (χ4n) is 2.77. The number of ether oxygens (including phenoxy) is 2. The van der Waals surface area contributed by atoms with Gasteiger partial charge in [-0.1, -0.05) is 48.2 Å². The fourth-order valence-corrected chi connectivity index (χ4v) is 3.62. The second-order valence-electron chi connectivity index (χ2n) is 5.85. The Morgan fingerprint density at radius 1 is 1.15 bits per heavy atom. The third kappa shape index (κ3) is 3.59. The Morgan fingerprint density at radius 3 is 2.78 bits per heavy atom. The Kier molecular flexibility index (Phi) is 4.93. The summed E-state index contributed by atoms with van der Waals surface area (Å²) in [7, 11) is 0. The number of ketones is 1. The number of thioether (sulfide) groups is 1. The quantitative estimate of drug-likeness (QED) is 0.353. The Morgan fingerprint density at radius 2 is 1.96 bits per heavy atom. The first-order chi connectivity index (χ1) is 13.3. The minimum atomic E-state index is -0.00675. The van der Waals surface area contributed by atoms with Crippen LogP contribution in [0.15, 0.2) is 66.3 Å².